The van der Waals surface area contributed by atoms with Crippen LogP contribution >= 0.6 is 0 Å². The zero-order valence-electron chi connectivity index (χ0n) is 16.7. The lowest BCUT2D eigenvalue weighted by Crippen LogP contribution is -3.00. The molecule has 0 heterocycles. The second-order valence-corrected chi connectivity index (χ2v) is 6.93. The summed E-state index contributed by atoms with van der Waals surface area (Å²) in [5.41, 5.74) is 7.01. The van der Waals surface area contributed by atoms with E-state index in [0.29, 0.717) is 6.54 Å². The third kappa shape index (κ3) is 10.6. The number of nitrogens with one attached hydrogen (secondary N) is 2. The highest BCUT2D eigenvalue weighted by atomic mass is 35.5. The Morgan fingerprint density at radius 1 is 1.15 bits per heavy atom. The molecule has 0 saturated carbocycles. The van der Waals surface area contributed by atoms with Crippen molar-refractivity contribution in [1.29, 1.82) is 0 Å². The third-order valence-electron chi connectivity index (χ3n) is 3.92. The van der Waals surface area contributed by atoms with Gasteiger partial charge in [-0.3, -0.25) is 9.59 Å². The molecule has 6 heteroatoms. The van der Waals surface area contributed by atoms with Gasteiger partial charge < -0.3 is 28.8 Å². The summed E-state index contributed by atoms with van der Waals surface area (Å²) in [7, 11) is 0. The number of carbonyl (C=O) groups excluding carboxylic acids is 2. The molecule has 0 saturated heterocycles. The van der Waals surface area contributed by atoms with Gasteiger partial charge in [0.15, 0.2) is 6.04 Å². The highest BCUT2D eigenvalue weighted by molar-refractivity contribution is 5.88. The number of allylic oxidation sites excluding steroid dienone is 3. The summed E-state index contributed by atoms with van der Waals surface area (Å²) in [6.45, 7) is 8.17. The molecule has 1 aromatic rings. The molecule has 0 aliphatic carbocycles. The first-order valence-electron chi connectivity index (χ1n) is 9.06. The third-order valence-corrected chi connectivity index (χ3v) is 3.92. The van der Waals surface area contributed by atoms with Crippen molar-refractivity contribution in [2.45, 2.75) is 52.6 Å². The van der Waals surface area contributed by atoms with E-state index in [9.17, 15) is 9.59 Å². The van der Waals surface area contributed by atoms with Crippen molar-refractivity contribution < 1.29 is 27.7 Å². The zero-order chi connectivity index (χ0) is 19.5. The second kappa shape index (κ2) is 13.1. The van der Waals surface area contributed by atoms with Gasteiger partial charge in [0.1, 0.15) is 0 Å². The molecule has 0 spiro atoms. The molecule has 0 aliphatic heterocycles. The van der Waals surface area contributed by atoms with Crippen molar-refractivity contribution in [2.75, 3.05) is 6.54 Å². The number of quaternary nitrogens is 1. The Hall–Kier alpha value is -2.11. The predicted molar refractivity (Wildman–Crippen MR) is 105 cm³/mol. The quantitative estimate of drug-likeness (QED) is 0.382. The van der Waals surface area contributed by atoms with Crippen LogP contribution in [0.1, 0.15) is 52.1 Å². The molecular weight excluding hydrogens is 362 g/mol. The van der Waals surface area contributed by atoms with Crippen LogP contribution in [0.5, 0.6) is 0 Å². The number of hydrogen-bond donors (Lipinski definition) is 3. The first-order chi connectivity index (χ1) is 12.3. The van der Waals surface area contributed by atoms with E-state index in [-0.39, 0.29) is 36.3 Å². The largest absolute Gasteiger partial charge is 1.00 e. The summed E-state index contributed by atoms with van der Waals surface area (Å²) >= 11 is 0. The van der Waals surface area contributed by atoms with Crippen molar-refractivity contribution in [3.8, 4) is 0 Å². The summed E-state index contributed by atoms with van der Waals surface area (Å²) in [4.78, 5) is 24.2. The molecule has 27 heavy (non-hydrogen) atoms. The molecule has 2 atom stereocenters. The minimum Gasteiger partial charge on any atom is -1.00 e. The van der Waals surface area contributed by atoms with Crippen LogP contribution in [0.15, 0.2) is 53.6 Å². The lowest BCUT2D eigenvalue weighted by molar-refractivity contribution is -0.398. The molecular formula is C21H32ClN3O2. The molecule has 1 rings (SSSR count). The number of rotatable bonds is 9. The SMILES string of the molecule is CC(C)=CCC/C(C)=C/C(=O)NC[C@@H](NC(=O)[C@H](C)[NH3+])c1ccccc1.[Cl-]. The number of amides is 2. The van der Waals surface area contributed by atoms with Gasteiger partial charge in [0.2, 0.25) is 5.91 Å². The van der Waals surface area contributed by atoms with Crippen molar-refractivity contribution >= 4 is 11.8 Å². The van der Waals surface area contributed by atoms with Gasteiger partial charge in [0.25, 0.3) is 5.91 Å². The number of carbonyl (C=O) groups is 2. The van der Waals surface area contributed by atoms with Gasteiger partial charge in [-0.25, -0.2) is 0 Å². The minimum atomic E-state index is -0.353. The topological polar surface area (TPSA) is 85.8 Å². The van der Waals surface area contributed by atoms with Crippen molar-refractivity contribution in [3.05, 3.63) is 59.2 Å². The van der Waals surface area contributed by atoms with Gasteiger partial charge >= 0.3 is 0 Å². The molecule has 0 aliphatic rings. The van der Waals surface area contributed by atoms with Crippen LogP contribution < -0.4 is 28.8 Å². The Bertz CT molecular complexity index is 651. The molecule has 2 amide bonds. The van der Waals surface area contributed by atoms with Gasteiger partial charge in [0, 0.05) is 12.6 Å². The maximum Gasteiger partial charge on any atom is 0.278 e. The highest BCUT2D eigenvalue weighted by Crippen LogP contribution is 2.12. The average molecular weight is 394 g/mol. The smallest absolute Gasteiger partial charge is 0.278 e. The van der Waals surface area contributed by atoms with Crippen LogP contribution in [0.2, 0.25) is 0 Å². The first-order valence-corrected chi connectivity index (χ1v) is 9.06. The molecule has 150 valence electrons. The molecule has 0 fully saturated rings. The Morgan fingerprint density at radius 2 is 1.78 bits per heavy atom. The first kappa shape index (κ1) is 24.9. The van der Waals surface area contributed by atoms with Gasteiger partial charge in [-0.2, -0.15) is 0 Å². The van der Waals surface area contributed by atoms with Gasteiger partial charge in [-0.1, -0.05) is 47.6 Å². The van der Waals surface area contributed by atoms with Crippen molar-refractivity contribution in [1.82, 2.24) is 10.6 Å². The fourth-order valence-corrected chi connectivity index (χ4v) is 2.39. The second-order valence-electron chi connectivity index (χ2n) is 6.93. The summed E-state index contributed by atoms with van der Waals surface area (Å²) in [5.74, 6) is -0.279. The molecule has 5 nitrogen and oxygen atoms in total. The maximum absolute atomic E-state index is 12.2. The fraction of sp³-hybridized carbons (Fsp3) is 0.429. The van der Waals surface area contributed by atoms with Crippen molar-refractivity contribution in [2.24, 2.45) is 0 Å². The van der Waals surface area contributed by atoms with E-state index in [0.717, 1.165) is 24.0 Å². The van der Waals surface area contributed by atoms with Crippen molar-refractivity contribution in [3.63, 3.8) is 0 Å². The van der Waals surface area contributed by atoms with E-state index in [2.05, 4.69) is 36.3 Å². The molecule has 0 bridgehead atoms. The Morgan fingerprint density at radius 3 is 2.33 bits per heavy atom. The van der Waals surface area contributed by atoms with E-state index >= 15 is 0 Å². The Balaban J connectivity index is 0.00000676. The van der Waals surface area contributed by atoms with E-state index in [1.807, 2.05) is 37.3 Å². The summed E-state index contributed by atoms with van der Waals surface area (Å²) in [6.07, 6.45) is 5.58. The van der Waals surface area contributed by atoms with E-state index in [4.69, 9.17) is 0 Å². The average Bonchev–Trinajstić information content (AvgIpc) is 2.58. The number of benzene rings is 1. The van der Waals surface area contributed by atoms with Crippen LogP contribution in [-0.4, -0.2) is 24.4 Å². The summed E-state index contributed by atoms with van der Waals surface area (Å²) in [6, 6.07) is 8.99. The molecule has 1 aromatic carbocycles. The maximum atomic E-state index is 12.2. The normalized spacial score (nSPS) is 13.0. The molecule has 0 radical (unpaired) electrons. The van der Waals surface area contributed by atoms with E-state index < -0.39 is 0 Å². The monoisotopic (exact) mass is 393 g/mol. The van der Waals surface area contributed by atoms with Crippen LogP contribution in [0.25, 0.3) is 0 Å². The van der Waals surface area contributed by atoms with Crippen LogP contribution in [-0.2, 0) is 9.59 Å². The molecule has 0 aromatic heterocycles. The zero-order valence-corrected chi connectivity index (χ0v) is 17.5. The number of hydrogen-bond acceptors (Lipinski definition) is 2. The number of halogens is 1. The predicted octanol–water partition coefficient (Wildman–Crippen LogP) is -0.713. The van der Waals surface area contributed by atoms with E-state index in [1.165, 1.54) is 5.57 Å². The Kier molecular flexibility index (Phi) is 12.1. The lowest BCUT2D eigenvalue weighted by atomic mass is 10.1. The fourth-order valence-electron chi connectivity index (χ4n) is 2.39. The van der Waals surface area contributed by atoms with Gasteiger partial charge in [-0.15, -0.1) is 0 Å². The minimum absolute atomic E-state index is 0. The van der Waals surface area contributed by atoms with Crippen LogP contribution in [0, 0.1) is 0 Å². The molecule has 5 N–H and O–H groups in total. The standard InChI is InChI=1S/C21H31N3O2.ClH/c1-15(2)9-8-10-16(3)13-20(25)23-14-19(24-21(26)17(4)22)18-11-6-5-7-12-18;/h5-7,9,11-13,17,19H,8,10,14,22H2,1-4H3,(H,23,25)(H,24,26);1H/b16-13+;/t17-,19+;/m0./s1. The summed E-state index contributed by atoms with van der Waals surface area (Å²) in [5, 5.41) is 5.83. The van der Waals surface area contributed by atoms with E-state index in [1.54, 1.807) is 13.0 Å². The molecule has 0 unspecified atom stereocenters. The Labute approximate surface area is 168 Å². The van der Waals surface area contributed by atoms with Crippen LogP contribution in [0.4, 0.5) is 0 Å². The van der Waals surface area contributed by atoms with Gasteiger partial charge in [0.05, 0.1) is 6.04 Å². The van der Waals surface area contributed by atoms with Gasteiger partial charge in [-0.05, 0) is 46.1 Å². The highest BCUT2D eigenvalue weighted by Gasteiger charge is 2.18. The van der Waals surface area contributed by atoms with Crippen LogP contribution in [0.3, 0.4) is 0 Å². The lowest BCUT2D eigenvalue weighted by Gasteiger charge is -2.20. The summed E-state index contributed by atoms with van der Waals surface area (Å²) < 4.78 is 0.